The van der Waals surface area contributed by atoms with Gasteiger partial charge in [-0.15, -0.1) is 0 Å². The van der Waals surface area contributed by atoms with Crippen molar-refractivity contribution in [2.45, 2.75) is 58.8 Å². The lowest BCUT2D eigenvalue weighted by Crippen LogP contribution is -2.13. The van der Waals surface area contributed by atoms with E-state index in [1.807, 2.05) is 0 Å². The summed E-state index contributed by atoms with van der Waals surface area (Å²) in [5.41, 5.74) is 4.99. The van der Waals surface area contributed by atoms with E-state index >= 15 is 0 Å². The van der Waals surface area contributed by atoms with Gasteiger partial charge < -0.3 is 10.5 Å². The lowest BCUT2D eigenvalue weighted by molar-refractivity contribution is -0.119. The van der Waals surface area contributed by atoms with Crippen LogP contribution in [0.1, 0.15) is 58.8 Å². The summed E-state index contributed by atoms with van der Waals surface area (Å²) in [6.07, 6.45) is 7.99. The second-order valence-corrected chi connectivity index (χ2v) is 4.78. The fourth-order valence-corrected chi connectivity index (χ4v) is 1.56. The fraction of sp³-hybridized carbons (Fsp3) is 0.923. The second-order valence-electron chi connectivity index (χ2n) is 4.78. The van der Waals surface area contributed by atoms with E-state index in [1.54, 1.807) is 0 Å². The van der Waals surface area contributed by atoms with Gasteiger partial charge in [-0.05, 0) is 12.3 Å². The summed E-state index contributed by atoms with van der Waals surface area (Å²) in [5.74, 6) is 0.547. The minimum atomic E-state index is -0.284. The first-order valence-corrected chi connectivity index (χ1v) is 6.49. The minimum Gasteiger partial charge on any atom is -0.381 e. The molecule has 0 saturated carbocycles. The van der Waals surface area contributed by atoms with Gasteiger partial charge in [0.1, 0.15) is 0 Å². The summed E-state index contributed by atoms with van der Waals surface area (Å²) >= 11 is 0. The van der Waals surface area contributed by atoms with E-state index < -0.39 is 0 Å². The lowest BCUT2D eigenvalue weighted by atomic mass is 10.0. The third-order valence-corrected chi connectivity index (χ3v) is 2.56. The molecule has 0 aliphatic rings. The maximum atomic E-state index is 10.4. The SMILES string of the molecule is CC(C)CCCCCCCOCCC(N)=O. The zero-order chi connectivity index (χ0) is 12.2. The van der Waals surface area contributed by atoms with Gasteiger partial charge in [0.2, 0.25) is 5.91 Å². The number of primary amides is 1. The molecule has 0 spiro atoms. The molecule has 0 heterocycles. The predicted octanol–water partition coefficient (Wildman–Crippen LogP) is 2.88. The third kappa shape index (κ3) is 13.4. The zero-order valence-electron chi connectivity index (χ0n) is 10.8. The molecule has 1 amide bonds. The van der Waals surface area contributed by atoms with Gasteiger partial charge in [0.25, 0.3) is 0 Å². The number of carbonyl (C=O) groups excluding carboxylic acids is 1. The van der Waals surface area contributed by atoms with Crippen LogP contribution in [0.25, 0.3) is 0 Å². The van der Waals surface area contributed by atoms with Crippen LogP contribution in [0.2, 0.25) is 0 Å². The van der Waals surface area contributed by atoms with Crippen molar-refractivity contribution in [3.05, 3.63) is 0 Å². The number of carbonyl (C=O) groups is 1. The van der Waals surface area contributed by atoms with E-state index in [9.17, 15) is 4.79 Å². The molecular formula is C13H27NO2. The molecule has 16 heavy (non-hydrogen) atoms. The van der Waals surface area contributed by atoms with Crippen molar-refractivity contribution in [2.24, 2.45) is 11.7 Å². The van der Waals surface area contributed by atoms with E-state index in [0.29, 0.717) is 13.0 Å². The number of nitrogens with two attached hydrogens (primary N) is 1. The molecule has 0 aromatic heterocycles. The Labute approximate surface area is 99.7 Å². The van der Waals surface area contributed by atoms with Gasteiger partial charge in [-0.2, -0.15) is 0 Å². The van der Waals surface area contributed by atoms with E-state index in [4.69, 9.17) is 10.5 Å². The molecule has 2 N–H and O–H groups in total. The van der Waals surface area contributed by atoms with Crippen molar-refractivity contribution in [2.75, 3.05) is 13.2 Å². The Kier molecular flexibility index (Phi) is 10.5. The van der Waals surface area contributed by atoms with Crippen LogP contribution in [0.5, 0.6) is 0 Å². The van der Waals surface area contributed by atoms with Crippen LogP contribution in [0.4, 0.5) is 0 Å². The number of unbranched alkanes of at least 4 members (excludes halogenated alkanes) is 4. The zero-order valence-corrected chi connectivity index (χ0v) is 10.8. The summed E-state index contributed by atoms with van der Waals surface area (Å²) in [5, 5.41) is 0. The van der Waals surface area contributed by atoms with Crippen molar-refractivity contribution in [3.8, 4) is 0 Å². The maximum Gasteiger partial charge on any atom is 0.219 e. The highest BCUT2D eigenvalue weighted by molar-refractivity contribution is 5.73. The van der Waals surface area contributed by atoms with Gasteiger partial charge in [-0.25, -0.2) is 0 Å². The molecular weight excluding hydrogens is 202 g/mol. The number of amides is 1. The normalized spacial score (nSPS) is 10.9. The predicted molar refractivity (Wildman–Crippen MR) is 67.2 cm³/mol. The Morgan fingerprint density at radius 3 is 2.31 bits per heavy atom. The molecule has 3 nitrogen and oxygen atoms in total. The molecule has 0 saturated heterocycles. The van der Waals surface area contributed by atoms with Gasteiger partial charge >= 0.3 is 0 Å². The van der Waals surface area contributed by atoms with Gasteiger partial charge in [0.15, 0.2) is 0 Å². The average Bonchev–Trinajstić information content (AvgIpc) is 2.20. The highest BCUT2D eigenvalue weighted by Gasteiger charge is 1.96. The number of ether oxygens (including phenoxy) is 1. The topological polar surface area (TPSA) is 52.3 Å². The van der Waals surface area contributed by atoms with Crippen LogP contribution in [0.15, 0.2) is 0 Å². The number of hydrogen-bond acceptors (Lipinski definition) is 2. The van der Waals surface area contributed by atoms with Crippen molar-refractivity contribution >= 4 is 5.91 Å². The van der Waals surface area contributed by atoms with E-state index in [-0.39, 0.29) is 5.91 Å². The first kappa shape index (κ1) is 15.4. The summed E-state index contributed by atoms with van der Waals surface area (Å²) < 4.78 is 5.29. The van der Waals surface area contributed by atoms with Gasteiger partial charge in [0, 0.05) is 13.0 Å². The molecule has 0 fully saturated rings. The third-order valence-electron chi connectivity index (χ3n) is 2.56. The molecule has 0 bridgehead atoms. The molecule has 0 aliphatic heterocycles. The van der Waals surface area contributed by atoms with Crippen LogP contribution in [0, 0.1) is 5.92 Å². The van der Waals surface area contributed by atoms with Crippen LogP contribution in [0.3, 0.4) is 0 Å². The molecule has 0 unspecified atom stereocenters. The van der Waals surface area contributed by atoms with E-state index in [0.717, 1.165) is 18.9 Å². The smallest absolute Gasteiger partial charge is 0.219 e. The Morgan fingerprint density at radius 1 is 1.06 bits per heavy atom. The van der Waals surface area contributed by atoms with Gasteiger partial charge in [-0.3, -0.25) is 4.79 Å². The van der Waals surface area contributed by atoms with Crippen molar-refractivity contribution in [3.63, 3.8) is 0 Å². The Balaban J connectivity index is 2.96. The molecule has 0 aromatic carbocycles. The van der Waals surface area contributed by atoms with Gasteiger partial charge in [-0.1, -0.05) is 46.0 Å². The van der Waals surface area contributed by atoms with E-state index in [2.05, 4.69) is 13.8 Å². The van der Waals surface area contributed by atoms with Crippen molar-refractivity contribution < 1.29 is 9.53 Å². The van der Waals surface area contributed by atoms with Crippen LogP contribution in [-0.2, 0) is 9.53 Å². The highest BCUT2D eigenvalue weighted by Crippen LogP contribution is 2.10. The minimum absolute atomic E-state index is 0.284. The summed E-state index contributed by atoms with van der Waals surface area (Å²) in [7, 11) is 0. The van der Waals surface area contributed by atoms with Gasteiger partial charge in [0.05, 0.1) is 6.61 Å². The number of rotatable bonds is 11. The van der Waals surface area contributed by atoms with E-state index in [1.165, 1.54) is 32.1 Å². The molecule has 0 radical (unpaired) electrons. The molecule has 3 heteroatoms. The van der Waals surface area contributed by atoms with Crippen LogP contribution in [-0.4, -0.2) is 19.1 Å². The Hall–Kier alpha value is -0.570. The average molecular weight is 229 g/mol. The highest BCUT2D eigenvalue weighted by atomic mass is 16.5. The maximum absolute atomic E-state index is 10.4. The first-order valence-electron chi connectivity index (χ1n) is 6.49. The molecule has 0 atom stereocenters. The fourth-order valence-electron chi connectivity index (χ4n) is 1.56. The Morgan fingerprint density at radius 2 is 1.69 bits per heavy atom. The summed E-state index contributed by atoms with van der Waals surface area (Å²) in [4.78, 5) is 10.4. The summed E-state index contributed by atoms with van der Waals surface area (Å²) in [6, 6.07) is 0. The van der Waals surface area contributed by atoms with Crippen molar-refractivity contribution in [1.29, 1.82) is 0 Å². The monoisotopic (exact) mass is 229 g/mol. The molecule has 0 rings (SSSR count). The summed E-state index contributed by atoms with van der Waals surface area (Å²) in [6.45, 7) is 5.78. The number of hydrogen-bond donors (Lipinski definition) is 1. The van der Waals surface area contributed by atoms with Crippen molar-refractivity contribution in [1.82, 2.24) is 0 Å². The van der Waals surface area contributed by atoms with Crippen LogP contribution < -0.4 is 5.73 Å². The largest absolute Gasteiger partial charge is 0.381 e. The molecule has 0 aliphatic carbocycles. The quantitative estimate of drug-likeness (QED) is 0.554. The first-order chi connectivity index (χ1) is 7.63. The standard InChI is InChI=1S/C13H27NO2/c1-12(2)8-6-4-3-5-7-10-16-11-9-13(14)15/h12H,3-11H2,1-2H3,(H2,14,15). The lowest BCUT2D eigenvalue weighted by Gasteiger charge is -2.05. The Bertz CT molecular complexity index is 169. The second kappa shape index (κ2) is 10.9. The van der Waals surface area contributed by atoms with Crippen LogP contribution >= 0.6 is 0 Å². The molecule has 96 valence electrons. The molecule has 0 aromatic rings.